The molecule has 0 aliphatic carbocycles. The molecule has 2 aliphatic rings. The molecule has 24 heavy (non-hydrogen) atoms. The highest BCUT2D eigenvalue weighted by molar-refractivity contribution is 5.99. The fourth-order valence-electron chi connectivity index (χ4n) is 3.61. The van der Waals surface area contributed by atoms with E-state index in [1.54, 1.807) is 4.90 Å². The third kappa shape index (κ3) is 2.47. The number of para-hydroxylation sites is 1. The topological polar surface area (TPSA) is 71.8 Å². The van der Waals surface area contributed by atoms with E-state index in [0.29, 0.717) is 38.4 Å². The molecule has 2 saturated heterocycles. The molecule has 1 aromatic heterocycles. The van der Waals surface area contributed by atoms with E-state index in [1.165, 1.54) is 0 Å². The second-order valence-corrected chi connectivity index (χ2v) is 6.40. The van der Waals surface area contributed by atoms with Crippen molar-refractivity contribution < 1.29 is 18.7 Å². The minimum absolute atomic E-state index is 0.0320. The zero-order valence-corrected chi connectivity index (χ0v) is 13.6. The van der Waals surface area contributed by atoms with Gasteiger partial charge in [0.1, 0.15) is 5.58 Å². The maximum Gasteiger partial charge on any atom is 0.289 e. The van der Waals surface area contributed by atoms with E-state index in [1.807, 2.05) is 31.2 Å². The highest BCUT2D eigenvalue weighted by Crippen LogP contribution is 2.28. The Morgan fingerprint density at radius 2 is 2.17 bits per heavy atom. The van der Waals surface area contributed by atoms with Gasteiger partial charge < -0.3 is 19.4 Å². The predicted molar refractivity (Wildman–Crippen MR) is 87.7 cm³/mol. The molecule has 0 bridgehead atoms. The molecule has 0 radical (unpaired) electrons. The van der Waals surface area contributed by atoms with E-state index < -0.39 is 0 Å². The van der Waals surface area contributed by atoms with Crippen LogP contribution in [-0.2, 0) is 9.53 Å². The number of nitrogens with zero attached hydrogens (tertiary/aromatic N) is 1. The fourth-order valence-corrected chi connectivity index (χ4v) is 3.61. The summed E-state index contributed by atoms with van der Waals surface area (Å²) in [4.78, 5) is 26.7. The van der Waals surface area contributed by atoms with Crippen LogP contribution in [0, 0.1) is 12.8 Å². The number of likely N-dealkylation sites (tertiary alicyclic amines) is 1. The third-order valence-corrected chi connectivity index (χ3v) is 4.95. The Morgan fingerprint density at radius 1 is 1.33 bits per heavy atom. The number of ether oxygens (including phenoxy) is 1. The first-order valence-corrected chi connectivity index (χ1v) is 8.32. The van der Waals surface area contributed by atoms with Gasteiger partial charge in [-0.1, -0.05) is 18.2 Å². The largest absolute Gasteiger partial charge is 0.451 e. The van der Waals surface area contributed by atoms with Crippen LogP contribution in [0.5, 0.6) is 0 Å². The van der Waals surface area contributed by atoms with Crippen molar-refractivity contribution in [2.75, 3.05) is 26.2 Å². The smallest absolute Gasteiger partial charge is 0.289 e. The molecule has 126 valence electrons. The van der Waals surface area contributed by atoms with Crippen LogP contribution in [0.1, 0.15) is 22.5 Å². The van der Waals surface area contributed by atoms with E-state index >= 15 is 0 Å². The molecule has 0 spiro atoms. The van der Waals surface area contributed by atoms with Crippen LogP contribution in [0.25, 0.3) is 11.0 Å². The number of furan rings is 1. The van der Waals surface area contributed by atoms with Crippen LogP contribution in [-0.4, -0.2) is 49.1 Å². The molecule has 2 fully saturated rings. The van der Waals surface area contributed by atoms with E-state index in [9.17, 15) is 9.59 Å². The summed E-state index contributed by atoms with van der Waals surface area (Å²) in [5.74, 6) is 0.112. The van der Waals surface area contributed by atoms with Gasteiger partial charge in [0, 0.05) is 30.6 Å². The number of rotatable bonds is 1. The monoisotopic (exact) mass is 328 g/mol. The molecule has 6 nitrogen and oxygen atoms in total. The number of amides is 2. The molecule has 1 aromatic carbocycles. The Bertz CT molecular complexity index is 797. The van der Waals surface area contributed by atoms with Crippen molar-refractivity contribution in [1.29, 1.82) is 0 Å². The number of carbonyl (C=O) groups is 2. The molecule has 0 unspecified atom stereocenters. The Morgan fingerprint density at radius 3 is 3.00 bits per heavy atom. The molecule has 4 rings (SSSR count). The second-order valence-electron chi connectivity index (χ2n) is 6.40. The van der Waals surface area contributed by atoms with Gasteiger partial charge in [-0.3, -0.25) is 9.59 Å². The van der Waals surface area contributed by atoms with Gasteiger partial charge >= 0.3 is 0 Å². The maximum absolute atomic E-state index is 12.9. The van der Waals surface area contributed by atoms with Crippen LogP contribution >= 0.6 is 0 Å². The number of hydrogen-bond acceptors (Lipinski definition) is 4. The standard InChI is InChI=1S/C18H20N2O4/c1-11-12-4-2-3-5-14(12)24-16(11)18(22)20-8-6-13-15(10-20)23-9-7-19-17(13)21/h2-5,13,15H,6-10H2,1H3,(H,19,21)/t13-,15+/m1/s1. The van der Waals surface area contributed by atoms with Crippen LogP contribution in [0.3, 0.4) is 0 Å². The maximum atomic E-state index is 12.9. The quantitative estimate of drug-likeness (QED) is 0.865. The van der Waals surface area contributed by atoms with Gasteiger partial charge in [-0.15, -0.1) is 0 Å². The van der Waals surface area contributed by atoms with Crippen molar-refractivity contribution in [1.82, 2.24) is 10.2 Å². The number of fused-ring (bicyclic) bond motifs is 2. The number of carbonyl (C=O) groups excluding carboxylic acids is 2. The van der Waals surface area contributed by atoms with Crippen molar-refractivity contribution >= 4 is 22.8 Å². The zero-order valence-electron chi connectivity index (χ0n) is 13.6. The second kappa shape index (κ2) is 5.94. The van der Waals surface area contributed by atoms with Crippen LogP contribution in [0.4, 0.5) is 0 Å². The summed E-state index contributed by atoms with van der Waals surface area (Å²) < 4.78 is 11.6. The number of benzene rings is 1. The Labute approximate surface area is 139 Å². The molecular formula is C18H20N2O4. The van der Waals surface area contributed by atoms with Crippen LogP contribution in [0.2, 0.25) is 0 Å². The first-order chi connectivity index (χ1) is 11.6. The summed E-state index contributed by atoms with van der Waals surface area (Å²) in [6.45, 7) is 3.88. The summed E-state index contributed by atoms with van der Waals surface area (Å²) >= 11 is 0. The van der Waals surface area contributed by atoms with Crippen LogP contribution in [0.15, 0.2) is 28.7 Å². The lowest BCUT2D eigenvalue weighted by atomic mass is 9.92. The SMILES string of the molecule is Cc1c(C(=O)N2CC[C@H]3C(=O)NCCO[C@H]3C2)oc2ccccc12. The van der Waals surface area contributed by atoms with Crippen molar-refractivity contribution in [3.8, 4) is 0 Å². The summed E-state index contributed by atoms with van der Waals surface area (Å²) in [5.41, 5.74) is 1.58. The van der Waals surface area contributed by atoms with Gasteiger partial charge in [-0.2, -0.15) is 0 Å². The summed E-state index contributed by atoms with van der Waals surface area (Å²) in [5, 5.41) is 3.82. The Balaban J connectivity index is 1.58. The van der Waals surface area contributed by atoms with Crippen molar-refractivity contribution in [2.24, 2.45) is 5.92 Å². The van der Waals surface area contributed by atoms with E-state index in [2.05, 4.69) is 5.32 Å². The normalized spacial score (nSPS) is 24.4. The average molecular weight is 328 g/mol. The van der Waals surface area contributed by atoms with Gasteiger partial charge in [0.05, 0.1) is 18.6 Å². The molecule has 6 heteroatoms. The highest BCUT2D eigenvalue weighted by atomic mass is 16.5. The molecule has 3 heterocycles. The molecule has 0 saturated carbocycles. The molecule has 2 atom stereocenters. The van der Waals surface area contributed by atoms with Gasteiger partial charge in [0.2, 0.25) is 5.91 Å². The van der Waals surface area contributed by atoms with Crippen molar-refractivity contribution in [3.63, 3.8) is 0 Å². The first-order valence-electron chi connectivity index (χ1n) is 8.32. The van der Waals surface area contributed by atoms with Crippen molar-refractivity contribution in [2.45, 2.75) is 19.4 Å². The summed E-state index contributed by atoms with van der Waals surface area (Å²) in [6, 6.07) is 7.64. The van der Waals surface area contributed by atoms with Gasteiger partial charge in [-0.05, 0) is 19.4 Å². The summed E-state index contributed by atoms with van der Waals surface area (Å²) in [7, 11) is 0. The number of hydrogen-bond donors (Lipinski definition) is 1. The van der Waals surface area contributed by atoms with E-state index in [-0.39, 0.29) is 23.8 Å². The third-order valence-electron chi connectivity index (χ3n) is 4.95. The molecular weight excluding hydrogens is 308 g/mol. The summed E-state index contributed by atoms with van der Waals surface area (Å²) in [6.07, 6.45) is 0.372. The minimum atomic E-state index is -0.241. The number of nitrogens with one attached hydrogen (secondary N) is 1. The lowest BCUT2D eigenvalue weighted by molar-refractivity contribution is -0.129. The molecule has 2 aromatic rings. The highest BCUT2D eigenvalue weighted by Gasteiger charge is 2.38. The number of aryl methyl sites for hydroxylation is 1. The van der Waals surface area contributed by atoms with Crippen molar-refractivity contribution in [3.05, 3.63) is 35.6 Å². The van der Waals surface area contributed by atoms with Crippen LogP contribution < -0.4 is 5.32 Å². The van der Waals surface area contributed by atoms with Gasteiger partial charge in [-0.25, -0.2) is 0 Å². The lowest BCUT2D eigenvalue weighted by Gasteiger charge is -2.35. The fraction of sp³-hybridized carbons (Fsp3) is 0.444. The molecule has 2 amide bonds. The van der Waals surface area contributed by atoms with E-state index in [0.717, 1.165) is 16.5 Å². The Hall–Kier alpha value is -2.34. The number of piperidine rings is 1. The van der Waals surface area contributed by atoms with Gasteiger partial charge in [0.15, 0.2) is 5.76 Å². The van der Waals surface area contributed by atoms with Gasteiger partial charge in [0.25, 0.3) is 5.91 Å². The lowest BCUT2D eigenvalue weighted by Crippen LogP contribution is -2.50. The first kappa shape index (κ1) is 15.2. The molecule has 2 aliphatic heterocycles. The zero-order chi connectivity index (χ0) is 16.7. The molecule has 1 N–H and O–H groups in total. The minimum Gasteiger partial charge on any atom is -0.451 e. The Kier molecular flexibility index (Phi) is 3.76. The average Bonchev–Trinajstić information content (AvgIpc) is 2.83. The predicted octanol–water partition coefficient (Wildman–Crippen LogP) is 1.72. The van der Waals surface area contributed by atoms with E-state index in [4.69, 9.17) is 9.15 Å².